The number of methoxy groups -OCH3 is 2. The second-order valence-electron chi connectivity index (χ2n) is 4.70. The minimum absolute atomic E-state index is 0.307. The highest BCUT2D eigenvalue weighted by Crippen LogP contribution is 2.30. The van der Waals surface area contributed by atoms with E-state index in [-0.39, 0.29) is 6.04 Å². The van der Waals surface area contributed by atoms with Gasteiger partial charge < -0.3 is 9.47 Å². The molecule has 1 unspecified atom stereocenters. The van der Waals surface area contributed by atoms with Crippen molar-refractivity contribution in [3.8, 4) is 11.8 Å². The van der Waals surface area contributed by atoms with Gasteiger partial charge in [0.2, 0.25) is 11.8 Å². The standard InChI is InChI=1S/C15H20N4O2/c1-9-6-5-7-11(10(9)2)13(19-16)14-15(21-4)18-12(20-3)8-17-14/h5-8,13,19H,16H2,1-4H3. The number of aryl methyl sites for hydroxylation is 1. The van der Waals surface area contributed by atoms with Crippen molar-refractivity contribution in [3.05, 3.63) is 46.8 Å². The van der Waals surface area contributed by atoms with Crippen LogP contribution >= 0.6 is 0 Å². The lowest BCUT2D eigenvalue weighted by atomic mass is 9.96. The van der Waals surface area contributed by atoms with Crippen LogP contribution in [0.4, 0.5) is 0 Å². The average molecular weight is 288 g/mol. The topological polar surface area (TPSA) is 82.3 Å². The van der Waals surface area contributed by atoms with Gasteiger partial charge in [0.15, 0.2) is 0 Å². The highest BCUT2D eigenvalue weighted by molar-refractivity contribution is 5.41. The maximum atomic E-state index is 5.75. The van der Waals surface area contributed by atoms with Crippen LogP contribution in [0.5, 0.6) is 11.8 Å². The SMILES string of the molecule is COc1cnc(C(NN)c2cccc(C)c2C)c(OC)n1. The van der Waals surface area contributed by atoms with Crippen LogP contribution in [0.1, 0.15) is 28.4 Å². The van der Waals surface area contributed by atoms with E-state index in [0.717, 1.165) is 11.1 Å². The van der Waals surface area contributed by atoms with E-state index in [1.807, 2.05) is 12.1 Å². The summed E-state index contributed by atoms with van der Waals surface area (Å²) in [6.45, 7) is 4.11. The zero-order valence-electron chi connectivity index (χ0n) is 12.7. The number of rotatable bonds is 5. The quantitative estimate of drug-likeness (QED) is 0.643. The van der Waals surface area contributed by atoms with Gasteiger partial charge >= 0.3 is 0 Å². The minimum Gasteiger partial charge on any atom is -0.480 e. The van der Waals surface area contributed by atoms with Crippen molar-refractivity contribution >= 4 is 0 Å². The summed E-state index contributed by atoms with van der Waals surface area (Å²) < 4.78 is 10.4. The van der Waals surface area contributed by atoms with Gasteiger partial charge in [-0.25, -0.2) is 10.4 Å². The lowest BCUT2D eigenvalue weighted by Crippen LogP contribution is -2.30. The van der Waals surface area contributed by atoms with E-state index >= 15 is 0 Å². The van der Waals surface area contributed by atoms with Crippen LogP contribution in [0.15, 0.2) is 24.4 Å². The second kappa shape index (κ2) is 6.51. The Balaban J connectivity index is 2.53. The molecule has 0 amide bonds. The van der Waals surface area contributed by atoms with Crippen LogP contribution < -0.4 is 20.7 Å². The molecule has 0 aliphatic carbocycles. The predicted molar refractivity (Wildman–Crippen MR) is 80.2 cm³/mol. The lowest BCUT2D eigenvalue weighted by molar-refractivity contribution is 0.352. The molecule has 0 spiro atoms. The highest BCUT2D eigenvalue weighted by Gasteiger charge is 2.22. The van der Waals surface area contributed by atoms with Crippen LogP contribution in [-0.4, -0.2) is 24.2 Å². The first-order chi connectivity index (χ1) is 10.1. The molecule has 0 bridgehead atoms. The Hall–Kier alpha value is -2.18. The third-order valence-electron chi connectivity index (χ3n) is 3.55. The Morgan fingerprint density at radius 1 is 1.19 bits per heavy atom. The monoisotopic (exact) mass is 288 g/mol. The van der Waals surface area contributed by atoms with Gasteiger partial charge in [-0.2, -0.15) is 4.98 Å². The van der Waals surface area contributed by atoms with Crippen molar-refractivity contribution in [3.63, 3.8) is 0 Å². The van der Waals surface area contributed by atoms with Crippen molar-refractivity contribution < 1.29 is 9.47 Å². The minimum atomic E-state index is -0.307. The number of hydrogen-bond donors (Lipinski definition) is 2. The number of ether oxygens (including phenoxy) is 2. The van der Waals surface area contributed by atoms with Gasteiger partial charge in [-0.1, -0.05) is 18.2 Å². The van der Waals surface area contributed by atoms with E-state index < -0.39 is 0 Å². The molecule has 0 radical (unpaired) electrons. The average Bonchev–Trinajstić information content (AvgIpc) is 2.52. The molecule has 1 atom stereocenters. The van der Waals surface area contributed by atoms with Gasteiger partial charge in [-0.05, 0) is 30.5 Å². The second-order valence-corrected chi connectivity index (χ2v) is 4.70. The fourth-order valence-corrected chi connectivity index (χ4v) is 2.22. The predicted octanol–water partition coefficient (Wildman–Crippen LogP) is 1.66. The molecule has 6 heteroatoms. The van der Waals surface area contributed by atoms with Crippen molar-refractivity contribution in [1.82, 2.24) is 15.4 Å². The fourth-order valence-electron chi connectivity index (χ4n) is 2.22. The molecule has 2 rings (SSSR count). The number of nitrogens with two attached hydrogens (primary N) is 1. The summed E-state index contributed by atoms with van der Waals surface area (Å²) in [5.41, 5.74) is 6.79. The van der Waals surface area contributed by atoms with Gasteiger partial charge in [-0.3, -0.25) is 5.84 Å². The first-order valence-electron chi connectivity index (χ1n) is 6.59. The Bertz CT molecular complexity index is 631. The van der Waals surface area contributed by atoms with Gasteiger partial charge in [0.05, 0.1) is 26.5 Å². The van der Waals surface area contributed by atoms with Crippen LogP contribution in [-0.2, 0) is 0 Å². The molecule has 0 fully saturated rings. The molecule has 0 aliphatic rings. The first kappa shape index (κ1) is 15.2. The van der Waals surface area contributed by atoms with E-state index in [1.165, 1.54) is 12.7 Å². The maximum Gasteiger partial charge on any atom is 0.240 e. The largest absolute Gasteiger partial charge is 0.480 e. The molecular formula is C15H20N4O2. The smallest absolute Gasteiger partial charge is 0.240 e. The van der Waals surface area contributed by atoms with Crippen molar-refractivity contribution in [2.75, 3.05) is 14.2 Å². The summed E-state index contributed by atoms with van der Waals surface area (Å²) in [4.78, 5) is 8.64. The number of aromatic nitrogens is 2. The number of nitrogens with one attached hydrogen (secondary N) is 1. The first-order valence-corrected chi connectivity index (χ1v) is 6.59. The Morgan fingerprint density at radius 3 is 2.57 bits per heavy atom. The summed E-state index contributed by atoms with van der Waals surface area (Å²) in [5, 5.41) is 0. The van der Waals surface area contributed by atoms with E-state index in [1.54, 1.807) is 13.3 Å². The molecule has 0 aliphatic heterocycles. The third kappa shape index (κ3) is 2.96. The summed E-state index contributed by atoms with van der Waals surface area (Å²) >= 11 is 0. The van der Waals surface area contributed by atoms with Crippen molar-refractivity contribution in [2.45, 2.75) is 19.9 Å². The number of hydrogen-bond acceptors (Lipinski definition) is 6. The Kier molecular flexibility index (Phi) is 4.72. The Morgan fingerprint density at radius 2 is 1.95 bits per heavy atom. The van der Waals surface area contributed by atoms with Crippen LogP contribution in [0, 0.1) is 13.8 Å². The molecule has 0 saturated heterocycles. The number of nitrogens with zero attached hydrogens (tertiary/aromatic N) is 2. The number of benzene rings is 1. The Labute approximate surface area is 124 Å². The highest BCUT2D eigenvalue weighted by atomic mass is 16.5. The van der Waals surface area contributed by atoms with E-state index in [2.05, 4.69) is 35.3 Å². The zero-order valence-corrected chi connectivity index (χ0v) is 12.7. The van der Waals surface area contributed by atoms with Crippen molar-refractivity contribution in [2.24, 2.45) is 5.84 Å². The molecule has 6 nitrogen and oxygen atoms in total. The zero-order chi connectivity index (χ0) is 15.4. The van der Waals surface area contributed by atoms with Gasteiger partial charge in [0.25, 0.3) is 0 Å². The molecule has 21 heavy (non-hydrogen) atoms. The summed E-state index contributed by atoms with van der Waals surface area (Å²) in [6, 6.07) is 5.76. The fraction of sp³-hybridized carbons (Fsp3) is 0.333. The van der Waals surface area contributed by atoms with E-state index in [0.29, 0.717) is 17.5 Å². The normalized spacial score (nSPS) is 12.0. The molecule has 2 aromatic rings. The summed E-state index contributed by atoms with van der Waals surface area (Å²) in [5.74, 6) is 6.53. The molecule has 1 aromatic heterocycles. The van der Waals surface area contributed by atoms with Crippen molar-refractivity contribution in [1.29, 1.82) is 0 Å². The maximum absolute atomic E-state index is 5.75. The number of hydrazine groups is 1. The van der Waals surface area contributed by atoms with Gasteiger partial charge in [0, 0.05) is 0 Å². The molecule has 3 N–H and O–H groups in total. The van der Waals surface area contributed by atoms with Crippen LogP contribution in [0.3, 0.4) is 0 Å². The van der Waals surface area contributed by atoms with Gasteiger partial charge in [0.1, 0.15) is 5.69 Å². The van der Waals surface area contributed by atoms with E-state index in [4.69, 9.17) is 15.3 Å². The summed E-state index contributed by atoms with van der Waals surface area (Å²) in [6.07, 6.45) is 1.55. The third-order valence-corrected chi connectivity index (χ3v) is 3.55. The van der Waals surface area contributed by atoms with Crippen LogP contribution in [0.25, 0.3) is 0 Å². The van der Waals surface area contributed by atoms with Gasteiger partial charge in [-0.15, -0.1) is 0 Å². The summed E-state index contributed by atoms with van der Waals surface area (Å²) in [7, 11) is 3.08. The molecule has 0 saturated carbocycles. The molecule has 1 heterocycles. The lowest BCUT2D eigenvalue weighted by Gasteiger charge is -2.20. The molecule has 112 valence electrons. The van der Waals surface area contributed by atoms with Crippen LogP contribution in [0.2, 0.25) is 0 Å². The molecule has 1 aromatic carbocycles. The molecular weight excluding hydrogens is 268 g/mol. The van der Waals surface area contributed by atoms with E-state index in [9.17, 15) is 0 Å².